The Balaban J connectivity index is 0.00000204. The second-order valence-corrected chi connectivity index (χ2v) is 7.77. The molecule has 2 rings (SSSR count). The minimum atomic E-state index is 0.962. The molecule has 0 fully saturated rings. The van der Waals surface area contributed by atoms with Crippen molar-refractivity contribution in [3.05, 3.63) is 101 Å². The van der Waals surface area contributed by atoms with Crippen LogP contribution in [0.1, 0.15) is 43.9 Å². The molecule has 29 heavy (non-hydrogen) atoms. The Morgan fingerprint density at radius 1 is 1.00 bits per heavy atom. The van der Waals surface area contributed by atoms with Gasteiger partial charge in [0.15, 0.2) is 0 Å². The van der Waals surface area contributed by atoms with E-state index in [1.807, 2.05) is 62.5 Å². The van der Waals surface area contributed by atoms with E-state index in [9.17, 15) is 0 Å². The van der Waals surface area contributed by atoms with Crippen LogP contribution in [0, 0.1) is 11.8 Å². The number of hydrogen-bond donors (Lipinski definition) is 0. The zero-order chi connectivity index (χ0) is 21.5. The number of rotatable bonds is 7. The Hall–Kier alpha value is -2.60. The first-order valence-electron chi connectivity index (χ1n) is 9.89. The summed E-state index contributed by atoms with van der Waals surface area (Å²) in [5.41, 5.74) is 2.21. The average molecular weight is 419 g/mol. The van der Waals surface area contributed by atoms with Crippen molar-refractivity contribution in [2.24, 2.45) is 0 Å². The standard InChI is InChI=1S/C25H24S2.C2H6/c1-5-9-13-21(12-8-4)23-18-19-25(27-23)24-17-16-22(26-24)15-14-20(10-6-2)11-7-3;1-2/h5-7,9-13,16-19H,1-2,8H2,3-4H3;1-2H3/b11-7-,13-9-,20-10+,21-12+;. The summed E-state index contributed by atoms with van der Waals surface area (Å²) in [6.45, 7) is 15.6. The Labute approximate surface area is 185 Å². The van der Waals surface area contributed by atoms with Gasteiger partial charge in [0.1, 0.15) is 0 Å². The summed E-state index contributed by atoms with van der Waals surface area (Å²) >= 11 is 3.54. The topological polar surface area (TPSA) is 0 Å². The minimum absolute atomic E-state index is 0.962. The molecule has 0 atom stereocenters. The molecule has 2 aromatic heterocycles. The van der Waals surface area contributed by atoms with Crippen LogP contribution in [0.2, 0.25) is 0 Å². The van der Waals surface area contributed by atoms with E-state index in [-0.39, 0.29) is 0 Å². The van der Waals surface area contributed by atoms with Gasteiger partial charge < -0.3 is 0 Å². The van der Waals surface area contributed by atoms with Crippen molar-refractivity contribution >= 4 is 28.2 Å². The maximum Gasteiger partial charge on any atom is 0.0779 e. The summed E-state index contributed by atoms with van der Waals surface area (Å²) in [5.74, 6) is 6.46. The molecule has 0 saturated carbocycles. The lowest BCUT2D eigenvalue weighted by atomic mass is 10.1. The van der Waals surface area contributed by atoms with E-state index in [4.69, 9.17) is 0 Å². The molecule has 0 unspecified atom stereocenters. The molecule has 2 heterocycles. The Kier molecular flexibility index (Phi) is 12.1. The molecule has 0 spiro atoms. The third-order valence-corrected chi connectivity index (χ3v) is 5.88. The van der Waals surface area contributed by atoms with Gasteiger partial charge in [-0.15, -0.1) is 22.7 Å². The Morgan fingerprint density at radius 3 is 2.38 bits per heavy atom. The molecule has 0 nitrogen and oxygen atoms in total. The molecule has 0 aliphatic heterocycles. The smallest absolute Gasteiger partial charge is 0.0779 e. The number of thiophene rings is 2. The molecule has 150 valence electrons. The lowest BCUT2D eigenvalue weighted by molar-refractivity contribution is 1.23. The van der Waals surface area contributed by atoms with Gasteiger partial charge in [-0.3, -0.25) is 0 Å². The summed E-state index contributed by atoms with van der Waals surface area (Å²) in [5, 5.41) is 0. The summed E-state index contributed by atoms with van der Waals surface area (Å²) in [6, 6.07) is 8.63. The second-order valence-electron chi connectivity index (χ2n) is 5.60. The van der Waals surface area contributed by atoms with Crippen LogP contribution < -0.4 is 0 Å². The molecule has 2 aromatic rings. The number of hydrogen-bond acceptors (Lipinski definition) is 2. The molecule has 0 aliphatic carbocycles. The van der Waals surface area contributed by atoms with Crippen molar-refractivity contribution in [1.82, 2.24) is 0 Å². The quantitative estimate of drug-likeness (QED) is 0.311. The molecule has 0 aromatic carbocycles. The molecule has 0 N–H and O–H groups in total. The van der Waals surface area contributed by atoms with Crippen LogP contribution in [0.5, 0.6) is 0 Å². The fraction of sp³-hybridized carbons (Fsp3) is 0.185. The van der Waals surface area contributed by atoms with Gasteiger partial charge in [0.25, 0.3) is 0 Å². The van der Waals surface area contributed by atoms with Crippen LogP contribution in [0.4, 0.5) is 0 Å². The van der Waals surface area contributed by atoms with Crippen LogP contribution in [-0.2, 0) is 0 Å². The molecule has 0 saturated heterocycles. The summed E-state index contributed by atoms with van der Waals surface area (Å²) in [6.07, 6.45) is 16.8. The highest BCUT2D eigenvalue weighted by Crippen LogP contribution is 2.36. The summed E-state index contributed by atoms with van der Waals surface area (Å²) < 4.78 is 0. The van der Waals surface area contributed by atoms with Crippen molar-refractivity contribution in [2.45, 2.75) is 34.1 Å². The molecule has 0 radical (unpaired) electrons. The maximum atomic E-state index is 3.76. The van der Waals surface area contributed by atoms with Gasteiger partial charge in [0.05, 0.1) is 4.88 Å². The van der Waals surface area contributed by atoms with Crippen molar-refractivity contribution < 1.29 is 0 Å². The summed E-state index contributed by atoms with van der Waals surface area (Å²) in [7, 11) is 0. The highest BCUT2D eigenvalue weighted by molar-refractivity contribution is 7.22. The van der Waals surface area contributed by atoms with E-state index in [0.29, 0.717) is 0 Å². The van der Waals surface area contributed by atoms with E-state index in [1.165, 1.54) is 20.2 Å². The predicted molar refractivity (Wildman–Crippen MR) is 137 cm³/mol. The van der Waals surface area contributed by atoms with E-state index in [0.717, 1.165) is 16.9 Å². The fourth-order valence-corrected chi connectivity index (χ4v) is 4.36. The third-order valence-electron chi connectivity index (χ3n) is 3.55. The summed E-state index contributed by atoms with van der Waals surface area (Å²) in [4.78, 5) is 4.86. The van der Waals surface area contributed by atoms with Gasteiger partial charge in [-0.2, -0.15) is 0 Å². The van der Waals surface area contributed by atoms with E-state index >= 15 is 0 Å². The van der Waals surface area contributed by atoms with E-state index < -0.39 is 0 Å². The average Bonchev–Trinajstić information content (AvgIpc) is 3.41. The van der Waals surface area contributed by atoms with Gasteiger partial charge in [-0.1, -0.05) is 88.3 Å². The Morgan fingerprint density at radius 2 is 1.72 bits per heavy atom. The zero-order valence-electron chi connectivity index (χ0n) is 17.9. The van der Waals surface area contributed by atoms with Crippen molar-refractivity contribution in [3.8, 4) is 21.6 Å². The number of allylic oxidation sites excluding steroid dienone is 10. The maximum absolute atomic E-state index is 3.76. The molecule has 2 heteroatoms. The third kappa shape index (κ3) is 8.11. The monoisotopic (exact) mass is 418 g/mol. The van der Waals surface area contributed by atoms with Crippen LogP contribution in [0.25, 0.3) is 15.3 Å². The first-order chi connectivity index (χ1) is 14.2. The van der Waals surface area contributed by atoms with Gasteiger partial charge in [0, 0.05) is 20.2 Å². The molecule has 0 amide bonds. The van der Waals surface area contributed by atoms with Gasteiger partial charge in [-0.25, -0.2) is 0 Å². The van der Waals surface area contributed by atoms with E-state index in [1.54, 1.807) is 17.4 Å². The normalized spacial score (nSPS) is 11.7. The lowest BCUT2D eigenvalue weighted by Gasteiger charge is -1.97. The molecule has 0 aliphatic rings. The SMILES string of the molecule is C=C/C=C\C(=C/CC)c1ccc(-c2ccc(C#CC(/C=C\C)=C/C=C)s2)s1.CC. The second kappa shape index (κ2) is 14.4. The highest BCUT2D eigenvalue weighted by atomic mass is 32.1. The van der Waals surface area contributed by atoms with E-state index in [2.05, 4.69) is 68.3 Å². The lowest BCUT2D eigenvalue weighted by Crippen LogP contribution is -1.73. The van der Waals surface area contributed by atoms with Gasteiger partial charge >= 0.3 is 0 Å². The molecule has 0 bridgehead atoms. The van der Waals surface area contributed by atoms with Crippen molar-refractivity contribution in [3.63, 3.8) is 0 Å². The largest absolute Gasteiger partial charge is 0.134 e. The van der Waals surface area contributed by atoms with Gasteiger partial charge in [-0.05, 0) is 49.3 Å². The minimum Gasteiger partial charge on any atom is -0.134 e. The zero-order valence-corrected chi connectivity index (χ0v) is 19.5. The van der Waals surface area contributed by atoms with Crippen molar-refractivity contribution in [2.75, 3.05) is 0 Å². The highest BCUT2D eigenvalue weighted by Gasteiger charge is 2.07. The first kappa shape index (κ1) is 24.4. The molecular weight excluding hydrogens is 388 g/mol. The van der Waals surface area contributed by atoms with Crippen molar-refractivity contribution in [1.29, 1.82) is 0 Å². The first-order valence-corrected chi connectivity index (χ1v) is 11.5. The fourth-order valence-electron chi connectivity index (χ4n) is 2.38. The molecular formula is C27H30S2. The van der Waals surface area contributed by atoms with Crippen LogP contribution in [-0.4, -0.2) is 0 Å². The Bertz CT molecular complexity index is 960. The predicted octanol–water partition coefficient (Wildman–Crippen LogP) is 9.08. The van der Waals surface area contributed by atoms with Crippen LogP contribution in [0.15, 0.2) is 91.6 Å². The van der Waals surface area contributed by atoms with Crippen LogP contribution >= 0.6 is 22.7 Å². The van der Waals surface area contributed by atoms with Gasteiger partial charge in [0.2, 0.25) is 0 Å². The van der Waals surface area contributed by atoms with Crippen LogP contribution in [0.3, 0.4) is 0 Å².